The maximum absolute atomic E-state index is 15.9. The van der Waals surface area contributed by atoms with Gasteiger partial charge < -0.3 is 13.9 Å². The first-order chi connectivity index (χ1) is 18.0. The van der Waals surface area contributed by atoms with Gasteiger partial charge in [0.05, 0.1) is 19.8 Å². The maximum atomic E-state index is 15.9. The molecule has 3 aromatic heterocycles. The van der Waals surface area contributed by atoms with Crippen molar-refractivity contribution in [2.45, 2.75) is 37.4 Å². The number of rotatable bonds is 9. The largest absolute Gasteiger partial charge is 0.494 e. The van der Waals surface area contributed by atoms with Crippen LogP contribution in [0.4, 0.5) is 4.39 Å². The number of sulfone groups is 1. The highest BCUT2D eigenvalue weighted by Crippen LogP contribution is 2.38. The lowest BCUT2D eigenvalue weighted by atomic mass is 10.0. The van der Waals surface area contributed by atoms with E-state index in [1.807, 2.05) is 6.07 Å². The summed E-state index contributed by atoms with van der Waals surface area (Å²) in [4.78, 5) is 7.74. The minimum atomic E-state index is -4.22. The molecule has 4 rings (SSSR count). The van der Waals surface area contributed by atoms with Crippen LogP contribution in [0.1, 0.15) is 36.8 Å². The molecule has 0 N–H and O–H groups in total. The van der Waals surface area contributed by atoms with Gasteiger partial charge in [-0.15, -0.1) is 10.2 Å². The van der Waals surface area contributed by atoms with Crippen molar-refractivity contribution in [3.63, 3.8) is 0 Å². The van der Waals surface area contributed by atoms with Gasteiger partial charge in [0.15, 0.2) is 32.9 Å². The molecule has 3 heterocycles. The molecule has 13 heteroatoms. The van der Waals surface area contributed by atoms with Crippen LogP contribution in [-0.4, -0.2) is 52.6 Å². The number of aryl methyl sites for hydroxylation is 1. The number of nitrogens with zero attached hydrogens (tertiary/aromatic N) is 6. The van der Waals surface area contributed by atoms with Crippen molar-refractivity contribution >= 4 is 9.84 Å². The summed E-state index contributed by atoms with van der Waals surface area (Å²) in [5.41, 5.74) is -2.00. The summed E-state index contributed by atoms with van der Waals surface area (Å²) in [6.07, 6.45) is 2.28. The SMILES string of the molecule is COc1cccc(OC)c1-n1c(CS(=O)(=O)[C@@H](C)[C@](C)(F)c2ncc(C#N)cn2)nnc1-c1ccc(C)o1. The van der Waals surface area contributed by atoms with Crippen LogP contribution in [0.5, 0.6) is 11.5 Å². The van der Waals surface area contributed by atoms with Crippen LogP contribution in [0.25, 0.3) is 17.3 Å². The van der Waals surface area contributed by atoms with Crippen molar-refractivity contribution in [3.05, 3.63) is 65.7 Å². The van der Waals surface area contributed by atoms with E-state index in [0.29, 0.717) is 28.7 Å². The van der Waals surface area contributed by atoms with Crippen LogP contribution < -0.4 is 9.47 Å². The fourth-order valence-corrected chi connectivity index (χ4v) is 5.45. The second kappa shape index (κ2) is 10.2. The minimum absolute atomic E-state index is 0.0137. The number of benzene rings is 1. The minimum Gasteiger partial charge on any atom is -0.494 e. The number of furan rings is 1. The monoisotopic (exact) mass is 540 g/mol. The van der Waals surface area contributed by atoms with Crippen molar-refractivity contribution in [2.24, 2.45) is 0 Å². The van der Waals surface area contributed by atoms with Gasteiger partial charge in [-0.3, -0.25) is 4.57 Å². The standard InChI is InChI=1S/C25H25FN6O5S/c1-15-9-10-20(37-15)23-31-30-21(32(23)22-18(35-4)7-6-8-19(22)36-5)14-38(33,34)16(2)25(3,26)24-28-12-17(11-27)13-29-24/h6-10,12-13,16H,14H2,1-5H3/t16-,25-/m0/s1. The van der Waals surface area contributed by atoms with E-state index in [-0.39, 0.29) is 23.0 Å². The van der Waals surface area contributed by atoms with Gasteiger partial charge >= 0.3 is 0 Å². The third-order valence-corrected chi connectivity index (χ3v) is 8.35. The highest BCUT2D eigenvalue weighted by molar-refractivity contribution is 7.91. The van der Waals surface area contributed by atoms with E-state index in [9.17, 15) is 8.42 Å². The van der Waals surface area contributed by atoms with E-state index >= 15 is 4.39 Å². The summed E-state index contributed by atoms with van der Waals surface area (Å²) in [5, 5.41) is 15.7. The molecule has 0 amide bonds. The normalized spacial score (nSPS) is 13.9. The first-order valence-corrected chi connectivity index (χ1v) is 13.1. The lowest BCUT2D eigenvalue weighted by Gasteiger charge is -2.26. The molecule has 1 aromatic carbocycles. The second-order valence-corrected chi connectivity index (χ2v) is 11.0. The molecule has 0 aliphatic heterocycles. The van der Waals surface area contributed by atoms with Crippen LogP contribution in [0.2, 0.25) is 0 Å². The zero-order valence-corrected chi connectivity index (χ0v) is 22.2. The predicted molar refractivity (Wildman–Crippen MR) is 134 cm³/mol. The van der Waals surface area contributed by atoms with E-state index in [1.54, 1.807) is 37.3 Å². The third-order valence-electron chi connectivity index (χ3n) is 6.17. The van der Waals surface area contributed by atoms with Gasteiger partial charge in [-0.05, 0) is 45.0 Å². The molecular formula is C25H25FN6O5S. The molecule has 0 radical (unpaired) electrons. The Balaban J connectivity index is 1.83. The second-order valence-electron chi connectivity index (χ2n) is 8.63. The maximum Gasteiger partial charge on any atom is 0.204 e. The number of para-hydroxylation sites is 1. The Kier molecular flexibility index (Phi) is 7.19. The Bertz CT molecular complexity index is 1580. The lowest BCUT2D eigenvalue weighted by molar-refractivity contribution is 0.174. The van der Waals surface area contributed by atoms with Crippen LogP contribution >= 0.6 is 0 Å². The summed E-state index contributed by atoms with van der Waals surface area (Å²) in [7, 11) is -1.30. The van der Waals surface area contributed by atoms with Gasteiger partial charge in [0, 0.05) is 12.4 Å². The molecule has 0 saturated heterocycles. The Hall–Kier alpha value is -4.31. The van der Waals surface area contributed by atoms with Crippen molar-refractivity contribution in [3.8, 4) is 34.8 Å². The topological polar surface area (TPSA) is 146 Å². The number of hydrogen-bond acceptors (Lipinski definition) is 10. The van der Waals surface area contributed by atoms with Gasteiger partial charge in [-0.1, -0.05) is 6.07 Å². The number of hydrogen-bond donors (Lipinski definition) is 0. The van der Waals surface area contributed by atoms with Gasteiger partial charge in [0.25, 0.3) is 0 Å². The zero-order valence-electron chi connectivity index (χ0n) is 21.3. The molecule has 38 heavy (non-hydrogen) atoms. The highest BCUT2D eigenvalue weighted by Gasteiger charge is 2.44. The Morgan fingerprint density at radius 3 is 2.29 bits per heavy atom. The summed E-state index contributed by atoms with van der Waals surface area (Å²) in [6.45, 7) is 4.08. The third kappa shape index (κ3) is 4.82. The van der Waals surface area contributed by atoms with E-state index in [0.717, 1.165) is 19.3 Å². The highest BCUT2D eigenvalue weighted by atomic mass is 32.2. The molecular weight excluding hydrogens is 515 g/mol. The molecule has 2 atom stereocenters. The number of nitriles is 1. The van der Waals surface area contributed by atoms with Crippen molar-refractivity contribution in [1.29, 1.82) is 5.26 Å². The van der Waals surface area contributed by atoms with Gasteiger partial charge in [0.2, 0.25) is 5.82 Å². The van der Waals surface area contributed by atoms with Crippen LogP contribution in [0, 0.1) is 18.3 Å². The molecule has 0 aliphatic carbocycles. The molecule has 0 fully saturated rings. The molecule has 0 unspecified atom stereocenters. The van der Waals surface area contributed by atoms with Crippen LogP contribution in [-0.2, 0) is 21.3 Å². The summed E-state index contributed by atoms with van der Waals surface area (Å²) < 4.78 is 61.3. The van der Waals surface area contributed by atoms with Crippen molar-refractivity contribution < 1.29 is 26.7 Å². The van der Waals surface area contributed by atoms with E-state index in [2.05, 4.69) is 20.2 Å². The van der Waals surface area contributed by atoms with E-state index in [4.69, 9.17) is 19.2 Å². The Morgan fingerprint density at radius 2 is 1.76 bits per heavy atom. The average molecular weight is 541 g/mol. The molecule has 198 valence electrons. The van der Waals surface area contributed by atoms with Gasteiger partial charge in [0.1, 0.15) is 40.0 Å². The summed E-state index contributed by atoms with van der Waals surface area (Å²) in [5.74, 6) is 0.826. The van der Waals surface area contributed by atoms with E-state index < -0.39 is 26.5 Å². The van der Waals surface area contributed by atoms with Gasteiger partial charge in [-0.25, -0.2) is 22.8 Å². The molecule has 0 bridgehead atoms. The van der Waals surface area contributed by atoms with Gasteiger partial charge in [-0.2, -0.15) is 5.26 Å². The lowest BCUT2D eigenvalue weighted by Crippen LogP contribution is -2.39. The van der Waals surface area contributed by atoms with E-state index in [1.165, 1.54) is 25.7 Å². The summed E-state index contributed by atoms with van der Waals surface area (Å²) >= 11 is 0. The number of methoxy groups -OCH3 is 2. The number of ether oxygens (including phenoxy) is 2. The molecule has 0 spiro atoms. The van der Waals surface area contributed by atoms with Crippen LogP contribution in [0.15, 0.2) is 47.1 Å². The first kappa shape index (κ1) is 26.7. The van der Waals surface area contributed by atoms with Crippen molar-refractivity contribution in [1.82, 2.24) is 24.7 Å². The molecule has 0 aliphatic rings. The smallest absolute Gasteiger partial charge is 0.204 e. The molecule has 4 aromatic rings. The quantitative estimate of drug-likeness (QED) is 0.308. The first-order valence-electron chi connectivity index (χ1n) is 11.4. The predicted octanol–water partition coefficient (Wildman–Crippen LogP) is 3.70. The Morgan fingerprint density at radius 1 is 1.13 bits per heavy atom. The summed E-state index contributed by atoms with van der Waals surface area (Å²) in [6, 6.07) is 10.3. The Labute approximate surface area is 218 Å². The average Bonchev–Trinajstić information content (AvgIpc) is 3.52. The number of halogens is 1. The fourth-order valence-electron chi connectivity index (χ4n) is 3.87. The number of alkyl halides is 1. The number of aromatic nitrogens is 5. The fraction of sp³-hybridized carbons (Fsp3) is 0.320. The molecule has 0 saturated carbocycles. The molecule has 11 nitrogen and oxygen atoms in total. The van der Waals surface area contributed by atoms with Crippen LogP contribution in [0.3, 0.4) is 0 Å². The zero-order chi connectivity index (χ0) is 27.7. The van der Waals surface area contributed by atoms with Crippen molar-refractivity contribution in [2.75, 3.05) is 14.2 Å².